The summed E-state index contributed by atoms with van der Waals surface area (Å²) in [7, 11) is 0. The summed E-state index contributed by atoms with van der Waals surface area (Å²) < 4.78 is 5.18. The standard InChI is InChI=1S/C16H14N2O5/c1-2-15(19)17-12-6-4-8-14(10-12)23-16(20)11-5-3-7-13(9-11)18(21)22/h3-10H,2H2,1H3,(H,17,19). The normalized spacial score (nSPS) is 9.96. The summed E-state index contributed by atoms with van der Waals surface area (Å²) in [5.74, 6) is -0.643. The summed E-state index contributed by atoms with van der Waals surface area (Å²) in [5.41, 5.74) is 0.381. The highest BCUT2D eigenvalue weighted by Gasteiger charge is 2.13. The molecule has 0 aromatic heterocycles. The smallest absolute Gasteiger partial charge is 0.343 e. The molecule has 7 heteroatoms. The summed E-state index contributed by atoms with van der Waals surface area (Å²) in [6.45, 7) is 1.72. The second kappa shape index (κ2) is 7.17. The number of esters is 1. The van der Waals surface area contributed by atoms with Crippen molar-refractivity contribution in [2.24, 2.45) is 0 Å². The van der Waals surface area contributed by atoms with Gasteiger partial charge in [-0.1, -0.05) is 19.1 Å². The van der Waals surface area contributed by atoms with Gasteiger partial charge < -0.3 is 10.1 Å². The Morgan fingerprint density at radius 1 is 1.17 bits per heavy atom. The number of rotatable bonds is 5. The summed E-state index contributed by atoms with van der Waals surface area (Å²) in [5, 5.41) is 13.4. The van der Waals surface area contributed by atoms with Crippen LogP contribution < -0.4 is 10.1 Å². The first kappa shape index (κ1) is 16.2. The van der Waals surface area contributed by atoms with Crippen molar-refractivity contribution in [3.8, 4) is 5.75 Å². The van der Waals surface area contributed by atoms with E-state index in [1.165, 1.54) is 24.3 Å². The zero-order valence-electron chi connectivity index (χ0n) is 12.3. The quantitative estimate of drug-likeness (QED) is 0.395. The maximum atomic E-state index is 12.0. The molecule has 0 aliphatic heterocycles. The minimum Gasteiger partial charge on any atom is -0.423 e. The second-order valence-electron chi connectivity index (χ2n) is 4.63. The third kappa shape index (κ3) is 4.37. The number of anilines is 1. The third-order valence-corrected chi connectivity index (χ3v) is 2.94. The molecular weight excluding hydrogens is 300 g/mol. The van der Waals surface area contributed by atoms with Crippen molar-refractivity contribution >= 4 is 23.3 Å². The number of nitro benzene ring substituents is 1. The molecule has 0 saturated carbocycles. The number of non-ortho nitro benzene ring substituents is 1. The Balaban J connectivity index is 2.14. The fourth-order valence-corrected chi connectivity index (χ4v) is 1.80. The van der Waals surface area contributed by atoms with Crippen LogP contribution in [0.4, 0.5) is 11.4 Å². The Labute approximate surface area is 132 Å². The Bertz CT molecular complexity index is 758. The van der Waals surface area contributed by atoms with E-state index in [4.69, 9.17) is 4.74 Å². The molecule has 0 saturated heterocycles. The first-order valence-electron chi connectivity index (χ1n) is 6.86. The molecule has 118 valence electrons. The van der Waals surface area contributed by atoms with E-state index in [1.807, 2.05) is 0 Å². The van der Waals surface area contributed by atoms with Crippen molar-refractivity contribution in [1.29, 1.82) is 0 Å². The molecule has 0 spiro atoms. The SMILES string of the molecule is CCC(=O)Nc1cccc(OC(=O)c2cccc([N+](=O)[O-])c2)c1. The molecule has 0 atom stereocenters. The van der Waals surface area contributed by atoms with Crippen LogP contribution in [0.3, 0.4) is 0 Å². The third-order valence-electron chi connectivity index (χ3n) is 2.94. The van der Waals surface area contributed by atoms with E-state index in [-0.39, 0.29) is 22.9 Å². The van der Waals surface area contributed by atoms with Gasteiger partial charge in [-0.15, -0.1) is 0 Å². The van der Waals surface area contributed by atoms with Gasteiger partial charge in [0.2, 0.25) is 5.91 Å². The van der Waals surface area contributed by atoms with Gasteiger partial charge in [-0.2, -0.15) is 0 Å². The first-order valence-corrected chi connectivity index (χ1v) is 6.86. The number of hydrogen-bond acceptors (Lipinski definition) is 5. The molecule has 2 aromatic carbocycles. The number of amides is 1. The maximum Gasteiger partial charge on any atom is 0.343 e. The van der Waals surface area contributed by atoms with E-state index in [1.54, 1.807) is 25.1 Å². The van der Waals surface area contributed by atoms with Gasteiger partial charge in [0.15, 0.2) is 0 Å². The fraction of sp³-hybridized carbons (Fsp3) is 0.125. The van der Waals surface area contributed by atoms with Crippen LogP contribution in [0.15, 0.2) is 48.5 Å². The molecular formula is C16H14N2O5. The van der Waals surface area contributed by atoms with Gasteiger partial charge in [-0.25, -0.2) is 4.79 Å². The van der Waals surface area contributed by atoms with Gasteiger partial charge in [-0.3, -0.25) is 14.9 Å². The highest BCUT2D eigenvalue weighted by Crippen LogP contribution is 2.20. The van der Waals surface area contributed by atoms with Crippen molar-refractivity contribution in [3.63, 3.8) is 0 Å². The minimum atomic E-state index is -0.715. The molecule has 0 aliphatic rings. The van der Waals surface area contributed by atoms with Crippen LogP contribution in [0.25, 0.3) is 0 Å². The minimum absolute atomic E-state index is 0.0715. The monoisotopic (exact) mass is 314 g/mol. The van der Waals surface area contributed by atoms with Crippen molar-refractivity contribution in [2.45, 2.75) is 13.3 Å². The van der Waals surface area contributed by atoms with E-state index in [9.17, 15) is 19.7 Å². The fourth-order valence-electron chi connectivity index (χ4n) is 1.80. The van der Waals surface area contributed by atoms with Crippen LogP contribution in [0.1, 0.15) is 23.7 Å². The van der Waals surface area contributed by atoms with E-state index < -0.39 is 10.9 Å². The maximum absolute atomic E-state index is 12.0. The molecule has 0 heterocycles. The lowest BCUT2D eigenvalue weighted by molar-refractivity contribution is -0.384. The van der Waals surface area contributed by atoms with Crippen LogP contribution >= 0.6 is 0 Å². The topological polar surface area (TPSA) is 98.5 Å². The molecule has 1 N–H and O–H groups in total. The number of nitrogens with zero attached hydrogens (tertiary/aromatic N) is 1. The Hall–Kier alpha value is -3.22. The zero-order valence-corrected chi connectivity index (χ0v) is 12.3. The van der Waals surface area contributed by atoms with E-state index >= 15 is 0 Å². The number of ether oxygens (including phenoxy) is 1. The van der Waals surface area contributed by atoms with Crippen molar-refractivity contribution < 1.29 is 19.2 Å². The zero-order chi connectivity index (χ0) is 16.8. The van der Waals surface area contributed by atoms with Crippen LogP contribution in [0.5, 0.6) is 5.75 Å². The second-order valence-corrected chi connectivity index (χ2v) is 4.63. The Kier molecular flexibility index (Phi) is 5.03. The van der Waals surface area contributed by atoms with Gasteiger partial charge in [0.05, 0.1) is 10.5 Å². The molecule has 0 fully saturated rings. The van der Waals surface area contributed by atoms with Crippen molar-refractivity contribution in [3.05, 3.63) is 64.2 Å². The predicted octanol–water partition coefficient (Wildman–Crippen LogP) is 3.16. The highest BCUT2D eigenvalue weighted by atomic mass is 16.6. The van der Waals surface area contributed by atoms with Crippen LogP contribution in [-0.4, -0.2) is 16.8 Å². The van der Waals surface area contributed by atoms with Crippen LogP contribution in [-0.2, 0) is 4.79 Å². The number of nitrogens with one attached hydrogen (secondary N) is 1. The summed E-state index contributed by atoms with van der Waals surface area (Å²) in [4.78, 5) is 33.5. The summed E-state index contributed by atoms with van der Waals surface area (Å²) >= 11 is 0. The molecule has 0 radical (unpaired) electrons. The number of hydrogen-bond donors (Lipinski definition) is 1. The van der Waals surface area contributed by atoms with E-state index in [2.05, 4.69) is 5.32 Å². The lowest BCUT2D eigenvalue weighted by atomic mass is 10.2. The van der Waals surface area contributed by atoms with Gasteiger partial charge in [0.25, 0.3) is 5.69 Å². The van der Waals surface area contributed by atoms with Crippen molar-refractivity contribution in [1.82, 2.24) is 0 Å². The summed E-state index contributed by atoms with van der Waals surface area (Å²) in [6.07, 6.45) is 0.331. The van der Waals surface area contributed by atoms with Crippen LogP contribution in [0.2, 0.25) is 0 Å². The number of carbonyl (C=O) groups is 2. The molecule has 2 rings (SSSR count). The van der Waals surface area contributed by atoms with Crippen molar-refractivity contribution in [2.75, 3.05) is 5.32 Å². The number of carbonyl (C=O) groups excluding carboxylic acids is 2. The average Bonchev–Trinajstić information content (AvgIpc) is 2.55. The molecule has 0 aliphatic carbocycles. The first-order chi connectivity index (χ1) is 11.0. The molecule has 0 unspecified atom stereocenters. The number of benzene rings is 2. The highest BCUT2D eigenvalue weighted by molar-refractivity contribution is 5.93. The predicted molar refractivity (Wildman–Crippen MR) is 83.4 cm³/mol. The molecule has 7 nitrogen and oxygen atoms in total. The van der Waals surface area contributed by atoms with Gasteiger partial charge in [0.1, 0.15) is 5.75 Å². The number of nitro groups is 1. The van der Waals surface area contributed by atoms with Gasteiger partial charge >= 0.3 is 5.97 Å². The van der Waals surface area contributed by atoms with E-state index in [0.717, 1.165) is 6.07 Å². The van der Waals surface area contributed by atoms with Crippen LogP contribution in [0, 0.1) is 10.1 Å². The molecule has 23 heavy (non-hydrogen) atoms. The summed E-state index contributed by atoms with van der Waals surface area (Å²) in [6, 6.07) is 11.6. The van der Waals surface area contributed by atoms with Gasteiger partial charge in [-0.05, 0) is 18.2 Å². The molecule has 2 aromatic rings. The lowest BCUT2D eigenvalue weighted by Crippen LogP contribution is -2.11. The average molecular weight is 314 g/mol. The van der Waals surface area contributed by atoms with Gasteiger partial charge in [0, 0.05) is 30.3 Å². The largest absolute Gasteiger partial charge is 0.423 e. The molecule has 0 bridgehead atoms. The molecule has 1 amide bonds. The Morgan fingerprint density at radius 3 is 2.61 bits per heavy atom. The Morgan fingerprint density at radius 2 is 1.91 bits per heavy atom. The van der Waals surface area contributed by atoms with E-state index in [0.29, 0.717) is 12.1 Å². The lowest BCUT2D eigenvalue weighted by Gasteiger charge is -2.07.